The predicted octanol–water partition coefficient (Wildman–Crippen LogP) is 1.56. The SMILES string of the molecule is CC1OCCC1CNC(=O)C1Cc2ccccc2N1. The second-order valence-corrected chi connectivity index (χ2v) is 5.43. The lowest BCUT2D eigenvalue weighted by Gasteiger charge is -2.17. The third-order valence-electron chi connectivity index (χ3n) is 4.16. The van der Waals surface area contributed by atoms with E-state index < -0.39 is 0 Å². The summed E-state index contributed by atoms with van der Waals surface area (Å²) in [5.41, 5.74) is 2.31. The molecule has 1 aromatic rings. The fourth-order valence-electron chi connectivity index (χ4n) is 2.86. The molecule has 1 fully saturated rings. The Bertz CT molecular complexity index is 450. The van der Waals surface area contributed by atoms with Crippen molar-refractivity contribution in [1.82, 2.24) is 5.32 Å². The first-order valence-corrected chi connectivity index (χ1v) is 6.98. The standard InChI is InChI=1S/C15H20N2O2/c1-10-12(6-7-19-10)9-16-15(18)14-8-11-4-2-3-5-13(11)17-14/h2-5,10,12,14,17H,6-9H2,1H3,(H,16,18). The van der Waals surface area contributed by atoms with Crippen molar-refractivity contribution >= 4 is 11.6 Å². The lowest BCUT2D eigenvalue weighted by atomic mass is 10.0. The van der Waals surface area contributed by atoms with E-state index in [4.69, 9.17) is 4.74 Å². The number of para-hydroxylation sites is 1. The average molecular weight is 260 g/mol. The molecule has 0 radical (unpaired) electrons. The van der Waals surface area contributed by atoms with Gasteiger partial charge in [0.05, 0.1) is 6.10 Å². The maximum Gasteiger partial charge on any atom is 0.242 e. The van der Waals surface area contributed by atoms with Gasteiger partial charge in [0.1, 0.15) is 6.04 Å². The van der Waals surface area contributed by atoms with Crippen LogP contribution in [0.4, 0.5) is 5.69 Å². The van der Waals surface area contributed by atoms with Gasteiger partial charge in [-0.05, 0) is 25.0 Å². The van der Waals surface area contributed by atoms with E-state index in [0.717, 1.165) is 25.1 Å². The molecule has 0 saturated carbocycles. The Hall–Kier alpha value is -1.55. The summed E-state index contributed by atoms with van der Waals surface area (Å²) in [6, 6.07) is 7.97. The van der Waals surface area contributed by atoms with Crippen LogP contribution in [0.2, 0.25) is 0 Å². The molecule has 1 saturated heterocycles. The lowest BCUT2D eigenvalue weighted by Crippen LogP contribution is -2.41. The molecule has 102 valence electrons. The van der Waals surface area contributed by atoms with Crippen LogP contribution in [-0.4, -0.2) is 31.2 Å². The first-order valence-electron chi connectivity index (χ1n) is 6.98. The van der Waals surface area contributed by atoms with Crippen molar-refractivity contribution in [3.63, 3.8) is 0 Å². The van der Waals surface area contributed by atoms with Crippen molar-refractivity contribution in [2.24, 2.45) is 5.92 Å². The van der Waals surface area contributed by atoms with Crippen molar-refractivity contribution < 1.29 is 9.53 Å². The van der Waals surface area contributed by atoms with E-state index in [2.05, 4.69) is 23.6 Å². The monoisotopic (exact) mass is 260 g/mol. The molecule has 2 aliphatic rings. The summed E-state index contributed by atoms with van der Waals surface area (Å²) < 4.78 is 5.51. The normalized spacial score (nSPS) is 28.8. The molecule has 0 aliphatic carbocycles. The molecule has 2 N–H and O–H groups in total. The summed E-state index contributed by atoms with van der Waals surface area (Å²) in [6.07, 6.45) is 2.08. The highest BCUT2D eigenvalue weighted by molar-refractivity contribution is 5.87. The van der Waals surface area contributed by atoms with Crippen LogP contribution in [-0.2, 0) is 16.0 Å². The molecule has 3 atom stereocenters. The van der Waals surface area contributed by atoms with E-state index in [0.29, 0.717) is 12.5 Å². The van der Waals surface area contributed by atoms with E-state index >= 15 is 0 Å². The first kappa shape index (κ1) is 12.5. The minimum atomic E-state index is -0.130. The fraction of sp³-hybridized carbons (Fsp3) is 0.533. The van der Waals surface area contributed by atoms with Gasteiger partial charge in [0.25, 0.3) is 0 Å². The van der Waals surface area contributed by atoms with Gasteiger partial charge in [-0.2, -0.15) is 0 Å². The molecule has 1 aromatic carbocycles. The third-order valence-corrected chi connectivity index (χ3v) is 4.16. The van der Waals surface area contributed by atoms with Gasteiger partial charge in [-0.25, -0.2) is 0 Å². The molecule has 0 aromatic heterocycles. The number of rotatable bonds is 3. The largest absolute Gasteiger partial charge is 0.378 e. The summed E-state index contributed by atoms with van der Waals surface area (Å²) >= 11 is 0. The van der Waals surface area contributed by atoms with Crippen molar-refractivity contribution in [2.45, 2.75) is 31.9 Å². The van der Waals surface area contributed by atoms with E-state index in [1.165, 1.54) is 5.56 Å². The Morgan fingerprint density at radius 2 is 2.32 bits per heavy atom. The van der Waals surface area contributed by atoms with Crippen LogP contribution in [0.15, 0.2) is 24.3 Å². The number of fused-ring (bicyclic) bond motifs is 1. The molecule has 0 spiro atoms. The summed E-state index contributed by atoms with van der Waals surface area (Å²) in [5.74, 6) is 0.544. The number of nitrogens with one attached hydrogen (secondary N) is 2. The average Bonchev–Trinajstić information content (AvgIpc) is 3.01. The van der Waals surface area contributed by atoms with Crippen LogP contribution in [0.3, 0.4) is 0 Å². The zero-order chi connectivity index (χ0) is 13.2. The van der Waals surface area contributed by atoms with Gasteiger partial charge in [0, 0.05) is 31.2 Å². The quantitative estimate of drug-likeness (QED) is 0.867. The number of hydrogen-bond acceptors (Lipinski definition) is 3. The van der Waals surface area contributed by atoms with Crippen molar-refractivity contribution in [3.8, 4) is 0 Å². The Balaban J connectivity index is 1.52. The zero-order valence-electron chi connectivity index (χ0n) is 11.2. The van der Waals surface area contributed by atoms with Crippen molar-refractivity contribution in [3.05, 3.63) is 29.8 Å². The molecule has 2 aliphatic heterocycles. The smallest absolute Gasteiger partial charge is 0.242 e. The fourth-order valence-corrected chi connectivity index (χ4v) is 2.86. The van der Waals surface area contributed by atoms with Gasteiger partial charge in [-0.1, -0.05) is 18.2 Å². The topological polar surface area (TPSA) is 50.4 Å². The molecular formula is C15H20N2O2. The summed E-state index contributed by atoms with van der Waals surface area (Å²) in [4.78, 5) is 12.2. The molecule has 4 nitrogen and oxygen atoms in total. The zero-order valence-corrected chi connectivity index (χ0v) is 11.2. The number of benzene rings is 1. The second kappa shape index (κ2) is 5.21. The highest BCUT2D eigenvalue weighted by Crippen LogP contribution is 2.25. The van der Waals surface area contributed by atoms with Crippen LogP contribution >= 0.6 is 0 Å². The molecule has 1 amide bonds. The van der Waals surface area contributed by atoms with Crippen molar-refractivity contribution in [2.75, 3.05) is 18.5 Å². The molecule has 2 heterocycles. The molecule has 4 heteroatoms. The minimum absolute atomic E-state index is 0.0929. The number of hydrogen-bond donors (Lipinski definition) is 2. The van der Waals surface area contributed by atoms with Crippen LogP contribution in [0.1, 0.15) is 18.9 Å². The number of amides is 1. The van der Waals surface area contributed by atoms with Crippen LogP contribution < -0.4 is 10.6 Å². The summed E-state index contributed by atoms with van der Waals surface area (Å²) in [6.45, 7) is 3.61. The molecule has 0 bridgehead atoms. The van der Waals surface area contributed by atoms with Gasteiger partial charge >= 0.3 is 0 Å². The lowest BCUT2D eigenvalue weighted by molar-refractivity contribution is -0.121. The number of ether oxygens (including phenoxy) is 1. The molecular weight excluding hydrogens is 240 g/mol. The number of carbonyl (C=O) groups is 1. The van der Waals surface area contributed by atoms with Gasteiger partial charge in [0.15, 0.2) is 0 Å². The maximum absolute atomic E-state index is 12.2. The van der Waals surface area contributed by atoms with Crippen LogP contribution in [0.25, 0.3) is 0 Å². The highest BCUT2D eigenvalue weighted by Gasteiger charge is 2.28. The first-order chi connectivity index (χ1) is 9.24. The van der Waals surface area contributed by atoms with Gasteiger partial charge in [-0.3, -0.25) is 4.79 Å². The minimum Gasteiger partial charge on any atom is -0.378 e. The maximum atomic E-state index is 12.2. The highest BCUT2D eigenvalue weighted by atomic mass is 16.5. The number of anilines is 1. The van der Waals surface area contributed by atoms with Crippen molar-refractivity contribution in [1.29, 1.82) is 0 Å². The van der Waals surface area contributed by atoms with Gasteiger partial charge in [0.2, 0.25) is 5.91 Å². The van der Waals surface area contributed by atoms with Crippen LogP contribution in [0, 0.1) is 5.92 Å². The Morgan fingerprint density at radius 3 is 3.05 bits per heavy atom. The third kappa shape index (κ3) is 2.59. The van der Waals surface area contributed by atoms with E-state index in [1.807, 2.05) is 18.2 Å². The molecule has 19 heavy (non-hydrogen) atoms. The molecule has 3 unspecified atom stereocenters. The second-order valence-electron chi connectivity index (χ2n) is 5.43. The number of carbonyl (C=O) groups excluding carboxylic acids is 1. The van der Waals surface area contributed by atoms with Crippen LogP contribution in [0.5, 0.6) is 0 Å². The van der Waals surface area contributed by atoms with Gasteiger partial charge < -0.3 is 15.4 Å². The summed E-state index contributed by atoms with van der Waals surface area (Å²) in [7, 11) is 0. The Morgan fingerprint density at radius 1 is 1.47 bits per heavy atom. The van der Waals surface area contributed by atoms with E-state index in [1.54, 1.807) is 0 Å². The summed E-state index contributed by atoms with van der Waals surface area (Å²) in [5, 5.41) is 6.33. The van der Waals surface area contributed by atoms with E-state index in [-0.39, 0.29) is 18.1 Å². The predicted molar refractivity (Wildman–Crippen MR) is 74.1 cm³/mol. The van der Waals surface area contributed by atoms with Gasteiger partial charge in [-0.15, -0.1) is 0 Å². The Labute approximate surface area is 113 Å². The Kier molecular flexibility index (Phi) is 3.42. The van der Waals surface area contributed by atoms with E-state index in [9.17, 15) is 4.79 Å². The molecule has 3 rings (SSSR count).